The highest BCUT2D eigenvalue weighted by molar-refractivity contribution is 5.93. The van der Waals surface area contributed by atoms with Gasteiger partial charge in [0.15, 0.2) is 0 Å². The van der Waals surface area contributed by atoms with E-state index in [1.54, 1.807) is 18.3 Å². The Labute approximate surface area is 255 Å². The summed E-state index contributed by atoms with van der Waals surface area (Å²) in [5, 5.41) is 9.55. The van der Waals surface area contributed by atoms with Crippen LogP contribution in [0.25, 0.3) is 45.0 Å². The normalized spacial score (nSPS) is 13.8. The van der Waals surface area contributed by atoms with Crippen molar-refractivity contribution in [2.75, 3.05) is 0 Å². The van der Waals surface area contributed by atoms with E-state index in [2.05, 4.69) is 33.8 Å². The first-order valence-corrected chi connectivity index (χ1v) is 15.1. The van der Waals surface area contributed by atoms with E-state index >= 15 is 0 Å². The molecule has 2 aromatic heterocycles. The van der Waals surface area contributed by atoms with Crippen LogP contribution in [-0.4, -0.2) is 25.6 Å². The van der Waals surface area contributed by atoms with Gasteiger partial charge in [0.1, 0.15) is 23.9 Å². The summed E-state index contributed by atoms with van der Waals surface area (Å²) in [5.74, 6) is 2.02. The molecule has 0 spiro atoms. The maximum Gasteiger partial charge on any atom is 0.335 e. The first kappa shape index (κ1) is 27.7. The summed E-state index contributed by atoms with van der Waals surface area (Å²) in [5.41, 5.74) is 7.05. The number of carbonyl (C=O) groups is 1. The molecule has 0 bridgehead atoms. The Kier molecular flexibility index (Phi) is 7.44. The van der Waals surface area contributed by atoms with Crippen molar-refractivity contribution in [3.63, 3.8) is 0 Å². The van der Waals surface area contributed by atoms with Crippen LogP contribution in [-0.2, 0) is 6.61 Å². The third-order valence-electron chi connectivity index (χ3n) is 8.44. The van der Waals surface area contributed by atoms with Crippen LogP contribution in [0.5, 0.6) is 5.75 Å². The van der Waals surface area contributed by atoms with E-state index in [1.165, 1.54) is 19.3 Å². The van der Waals surface area contributed by atoms with Gasteiger partial charge in [0.25, 0.3) is 0 Å². The fourth-order valence-corrected chi connectivity index (χ4v) is 6.24. The number of aromatic carboxylic acids is 1. The molecule has 4 aromatic carbocycles. The fourth-order valence-electron chi connectivity index (χ4n) is 6.24. The van der Waals surface area contributed by atoms with Gasteiger partial charge in [-0.15, -0.1) is 0 Å². The van der Waals surface area contributed by atoms with E-state index in [9.17, 15) is 9.90 Å². The Morgan fingerprint density at radius 3 is 2.41 bits per heavy atom. The van der Waals surface area contributed by atoms with Crippen LogP contribution in [0.15, 0.2) is 102 Å². The average molecular weight is 584 g/mol. The molecule has 0 saturated heterocycles. The summed E-state index contributed by atoms with van der Waals surface area (Å²) in [6.45, 7) is 2.26. The van der Waals surface area contributed by atoms with Gasteiger partial charge in [-0.05, 0) is 91.1 Å². The molecule has 7 rings (SSSR count). The molecule has 1 aliphatic carbocycles. The van der Waals surface area contributed by atoms with Crippen LogP contribution >= 0.6 is 0 Å². The minimum atomic E-state index is -0.946. The van der Waals surface area contributed by atoms with Crippen molar-refractivity contribution < 1.29 is 19.1 Å². The standard InChI is InChI=1S/C37H33N3O4/c1-24-22-38-36(44-24)27-14-18-32(25-8-4-2-5-9-25)29(20-27)23-43-31-16-12-26(13-17-31)35-39-33-21-28(37(41)42)15-19-34(33)40(35)30-10-6-3-7-11-30/h2,4-5,8-9,12-22,30H,3,6-7,10-11,23H2,1H3,(H,41,42). The van der Waals surface area contributed by atoms with Gasteiger partial charge < -0.3 is 18.8 Å². The van der Waals surface area contributed by atoms with E-state index in [0.29, 0.717) is 24.1 Å². The minimum absolute atomic E-state index is 0.248. The van der Waals surface area contributed by atoms with E-state index in [0.717, 1.165) is 63.5 Å². The summed E-state index contributed by atoms with van der Waals surface area (Å²) >= 11 is 0. The molecule has 1 fully saturated rings. The lowest BCUT2D eigenvalue weighted by atomic mass is 9.95. The lowest BCUT2D eigenvalue weighted by Crippen LogP contribution is -2.14. The number of fused-ring (bicyclic) bond motifs is 1. The number of imidazole rings is 1. The molecular formula is C37H33N3O4. The van der Waals surface area contributed by atoms with E-state index < -0.39 is 5.97 Å². The summed E-state index contributed by atoms with van der Waals surface area (Å²) < 4.78 is 14.5. The third-order valence-corrected chi connectivity index (χ3v) is 8.44. The van der Waals surface area contributed by atoms with Crippen LogP contribution in [0.3, 0.4) is 0 Å². The molecule has 0 radical (unpaired) electrons. The van der Waals surface area contributed by atoms with Crippen molar-refractivity contribution in [3.8, 4) is 39.7 Å². The molecule has 6 aromatic rings. The number of oxazole rings is 1. The predicted octanol–water partition coefficient (Wildman–Crippen LogP) is 9.12. The molecule has 220 valence electrons. The smallest absolute Gasteiger partial charge is 0.335 e. The number of aryl methyl sites for hydroxylation is 1. The number of hydrogen-bond donors (Lipinski definition) is 1. The van der Waals surface area contributed by atoms with Gasteiger partial charge in [-0.2, -0.15) is 0 Å². The van der Waals surface area contributed by atoms with Gasteiger partial charge in [0.05, 0.1) is 22.8 Å². The predicted molar refractivity (Wildman–Crippen MR) is 171 cm³/mol. The molecule has 7 nitrogen and oxygen atoms in total. The molecular weight excluding hydrogens is 550 g/mol. The second kappa shape index (κ2) is 11.8. The van der Waals surface area contributed by atoms with Crippen LogP contribution in [0.1, 0.15) is 59.8 Å². The number of ether oxygens (including phenoxy) is 1. The Morgan fingerprint density at radius 2 is 1.68 bits per heavy atom. The van der Waals surface area contributed by atoms with Crippen molar-refractivity contribution >= 4 is 17.0 Å². The van der Waals surface area contributed by atoms with Crippen molar-refractivity contribution in [2.45, 2.75) is 51.7 Å². The quantitative estimate of drug-likeness (QED) is 0.192. The molecule has 0 unspecified atom stereocenters. The van der Waals surface area contributed by atoms with Crippen LogP contribution in [0.4, 0.5) is 0 Å². The molecule has 44 heavy (non-hydrogen) atoms. The van der Waals surface area contributed by atoms with Gasteiger partial charge in [-0.1, -0.05) is 55.7 Å². The molecule has 0 amide bonds. The number of rotatable bonds is 8. The van der Waals surface area contributed by atoms with Crippen molar-refractivity contribution in [1.82, 2.24) is 14.5 Å². The number of hydrogen-bond acceptors (Lipinski definition) is 5. The molecule has 1 saturated carbocycles. The highest BCUT2D eigenvalue weighted by atomic mass is 16.5. The van der Waals surface area contributed by atoms with Gasteiger partial charge >= 0.3 is 5.97 Å². The Morgan fingerprint density at radius 1 is 0.909 bits per heavy atom. The summed E-state index contributed by atoms with van der Waals surface area (Å²) in [4.78, 5) is 21.0. The Balaban J connectivity index is 1.19. The maximum absolute atomic E-state index is 11.6. The highest BCUT2D eigenvalue weighted by Gasteiger charge is 2.23. The summed E-state index contributed by atoms with van der Waals surface area (Å²) in [6, 6.07) is 30.1. The van der Waals surface area contributed by atoms with E-state index in [1.807, 2.05) is 61.5 Å². The SMILES string of the molecule is Cc1cnc(-c2ccc(-c3ccccc3)c(COc3ccc(-c4nc5cc(C(=O)O)ccc5n4C4CCCCC4)cc3)c2)o1. The lowest BCUT2D eigenvalue weighted by molar-refractivity contribution is 0.0697. The fraction of sp³-hybridized carbons (Fsp3) is 0.216. The molecule has 1 N–H and O–H groups in total. The first-order valence-electron chi connectivity index (χ1n) is 15.1. The van der Waals surface area contributed by atoms with Crippen LogP contribution in [0, 0.1) is 6.92 Å². The van der Waals surface area contributed by atoms with Gasteiger partial charge in [-0.25, -0.2) is 14.8 Å². The number of nitrogens with zero attached hydrogens (tertiary/aromatic N) is 3. The monoisotopic (exact) mass is 583 g/mol. The molecule has 0 aliphatic heterocycles. The zero-order chi connectivity index (χ0) is 30.0. The zero-order valence-corrected chi connectivity index (χ0v) is 24.6. The van der Waals surface area contributed by atoms with Gasteiger partial charge in [0.2, 0.25) is 5.89 Å². The lowest BCUT2D eigenvalue weighted by Gasteiger charge is -2.25. The van der Waals surface area contributed by atoms with Gasteiger partial charge in [0, 0.05) is 17.2 Å². The topological polar surface area (TPSA) is 90.4 Å². The minimum Gasteiger partial charge on any atom is -0.489 e. The third kappa shape index (κ3) is 5.49. The number of carboxylic acid groups (broad SMARTS) is 1. The second-order valence-corrected chi connectivity index (χ2v) is 11.4. The number of benzene rings is 4. The van der Waals surface area contributed by atoms with E-state index in [-0.39, 0.29) is 5.56 Å². The molecule has 2 heterocycles. The molecule has 7 heteroatoms. The average Bonchev–Trinajstić information content (AvgIpc) is 3.68. The summed E-state index contributed by atoms with van der Waals surface area (Å²) in [6.07, 6.45) is 7.54. The van der Waals surface area contributed by atoms with E-state index in [4.69, 9.17) is 14.1 Å². The molecule has 0 atom stereocenters. The Hall–Kier alpha value is -5.17. The van der Waals surface area contributed by atoms with Crippen molar-refractivity contribution in [2.24, 2.45) is 0 Å². The van der Waals surface area contributed by atoms with Crippen LogP contribution < -0.4 is 4.74 Å². The number of carboxylic acids is 1. The largest absolute Gasteiger partial charge is 0.489 e. The van der Waals surface area contributed by atoms with Crippen molar-refractivity contribution in [1.29, 1.82) is 0 Å². The first-order chi connectivity index (χ1) is 21.5. The molecule has 1 aliphatic rings. The zero-order valence-electron chi connectivity index (χ0n) is 24.6. The number of aromatic nitrogens is 3. The Bertz CT molecular complexity index is 1930. The summed E-state index contributed by atoms with van der Waals surface area (Å²) in [7, 11) is 0. The highest BCUT2D eigenvalue weighted by Crippen LogP contribution is 2.37. The van der Waals surface area contributed by atoms with Gasteiger partial charge in [-0.3, -0.25) is 0 Å². The maximum atomic E-state index is 11.6. The second-order valence-electron chi connectivity index (χ2n) is 11.4. The van der Waals surface area contributed by atoms with Crippen LogP contribution in [0.2, 0.25) is 0 Å². The van der Waals surface area contributed by atoms with Crippen molar-refractivity contribution in [3.05, 3.63) is 114 Å².